The maximum atomic E-state index is 8.93. The fourth-order valence-corrected chi connectivity index (χ4v) is 3.95. The summed E-state index contributed by atoms with van der Waals surface area (Å²) >= 11 is 0. The molecule has 2 aromatic rings. The van der Waals surface area contributed by atoms with Crippen LogP contribution in [0.1, 0.15) is 59.6 Å². The van der Waals surface area contributed by atoms with Crippen molar-refractivity contribution >= 4 is 0 Å². The number of benzene rings is 2. The van der Waals surface area contributed by atoms with Gasteiger partial charge in [0, 0.05) is 11.1 Å². The van der Waals surface area contributed by atoms with Crippen LogP contribution in [0.15, 0.2) is 60.7 Å². The molecule has 0 spiro atoms. The van der Waals surface area contributed by atoms with E-state index in [1.54, 1.807) is 6.92 Å². The zero-order valence-corrected chi connectivity index (χ0v) is 22.6. The molecule has 0 aromatic heterocycles. The second-order valence-corrected chi connectivity index (χ2v) is 8.16. The van der Waals surface area contributed by atoms with E-state index in [1.165, 1.54) is 72.5 Å². The molecule has 0 bridgehead atoms. The van der Waals surface area contributed by atoms with Crippen molar-refractivity contribution in [2.24, 2.45) is 0 Å². The molecule has 2 rings (SSSR count). The highest BCUT2D eigenvalue weighted by Crippen LogP contribution is 2.14. The molecule has 3 nitrogen and oxygen atoms in total. The van der Waals surface area contributed by atoms with E-state index in [1.807, 2.05) is 0 Å². The Morgan fingerprint density at radius 2 is 0.719 bits per heavy atom. The largest absolute Gasteiger partial charge is 1.00 e. The van der Waals surface area contributed by atoms with Crippen molar-refractivity contribution in [2.75, 3.05) is 45.9 Å². The topological polar surface area (TPSA) is 23.1 Å². The SMILES string of the molecule is CC[N+](CC)(CC)Cc1ccccc1.CC[N+](CC)(CC)Cc1ccccc1.CC[O-].[Cl-]. The average Bonchev–Trinajstić information content (AvgIpc) is 2.83. The second kappa shape index (κ2) is 19.1. The first-order valence-corrected chi connectivity index (χ1v) is 12.3. The van der Waals surface area contributed by atoms with Gasteiger partial charge in [-0.2, -0.15) is 0 Å². The summed E-state index contributed by atoms with van der Waals surface area (Å²) in [6.45, 7) is 25.0. The average molecular weight is 465 g/mol. The Kier molecular flexibility index (Phi) is 19.6. The molecule has 32 heavy (non-hydrogen) atoms. The minimum Gasteiger partial charge on any atom is -1.00 e. The summed E-state index contributed by atoms with van der Waals surface area (Å²) in [6, 6.07) is 21.6. The van der Waals surface area contributed by atoms with Crippen LogP contribution in [0.25, 0.3) is 0 Å². The first-order chi connectivity index (χ1) is 14.9. The Bertz CT molecular complexity index is 567. The molecular formula is C28H49ClN2O. The molecule has 0 atom stereocenters. The smallest absolute Gasteiger partial charge is 0.104 e. The predicted molar refractivity (Wildman–Crippen MR) is 135 cm³/mol. The maximum absolute atomic E-state index is 8.93. The molecule has 2 aromatic carbocycles. The third-order valence-electron chi connectivity index (χ3n) is 6.75. The van der Waals surface area contributed by atoms with Crippen LogP contribution < -0.4 is 17.5 Å². The zero-order chi connectivity index (χ0) is 23.6. The van der Waals surface area contributed by atoms with Crippen LogP contribution in [0.5, 0.6) is 0 Å². The maximum Gasteiger partial charge on any atom is 0.104 e. The highest BCUT2D eigenvalue weighted by Gasteiger charge is 2.21. The van der Waals surface area contributed by atoms with Gasteiger partial charge in [0.2, 0.25) is 0 Å². The van der Waals surface area contributed by atoms with Crippen LogP contribution in [0.2, 0.25) is 0 Å². The molecule has 0 unspecified atom stereocenters. The van der Waals surface area contributed by atoms with E-state index < -0.39 is 0 Å². The first-order valence-electron chi connectivity index (χ1n) is 12.3. The summed E-state index contributed by atoms with van der Waals surface area (Å²) in [5, 5.41) is 8.93. The Labute approximate surface area is 205 Å². The van der Waals surface area contributed by atoms with Gasteiger partial charge >= 0.3 is 0 Å². The summed E-state index contributed by atoms with van der Waals surface area (Å²) in [5.41, 5.74) is 2.91. The molecule has 0 radical (unpaired) electrons. The number of hydrogen-bond donors (Lipinski definition) is 0. The third-order valence-corrected chi connectivity index (χ3v) is 6.75. The fourth-order valence-electron chi connectivity index (χ4n) is 3.95. The molecule has 0 amide bonds. The van der Waals surface area contributed by atoms with Gasteiger partial charge in [-0.15, -0.1) is 6.61 Å². The van der Waals surface area contributed by atoms with Crippen molar-refractivity contribution in [3.8, 4) is 0 Å². The van der Waals surface area contributed by atoms with E-state index in [0.717, 1.165) is 0 Å². The lowest BCUT2D eigenvalue weighted by Gasteiger charge is -2.35. The summed E-state index contributed by atoms with van der Waals surface area (Å²) < 4.78 is 2.40. The molecule has 0 N–H and O–H groups in total. The van der Waals surface area contributed by atoms with Gasteiger partial charge in [0.25, 0.3) is 0 Å². The van der Waals surface area contributed by atoms with Crippen LogP contribution in [-0.2, 0) is 13.1 Å². The summed E-state index contributed by atoms with van der Waals surface area (Å²) in [4.78, 5) is 0. The third kappa shape index (κ3) is 12.0. The van der Waals surface area contributed by atoms with Gasteiger partial charge < -0.3 is 26.5 Å². The van der Waals surface area contributed by atoms with Gasteiger partial charge in [0.15, 0.2) is 0 Å². The Balaban J connectivity index is 0. The van der Waals surface area contributed by atoms with Crippen LogP contribution >= 0.6 is 0 Å². The minimum absolute atomic E-state index is 0. The number of nitrogens with zero attached hydrogens (tertiary/aromatic N) is 2. The molecule has 0 fully saturated rings. The highest BCUT2D eigenvalue weighted by atomic mass is 35.5. The first kappa shape index (κ1) is 32.8. The molecule has 0 saturated heterocycles. The predicted octanol–water partition coefficient (Wildman–Crippen LogP) is 2.50. The van der Waals surface area contributed by atoms with Gasteiger partial charge in [-0.25, -0.2) is 0 Å². The Morgan fingerprint density at radius 1 is 0.500 bits per heavy atom. The number of hydrogen-bond acceptors (Lipinski definition) is 1. The Hall–Kier alpha value is -1.39. The fraction of sp³-hybridized carbons (Fsp3) is 0.571. The van der Waals surface area contributed by atoms with Crippen molar-refractivity contribution in [1.82, 2.24) is 0 Å². The monoisotopic (exact) mass is 464 g/mol. The molecule has 0 heterocycles. The zero-order valence-electron chi connectivity index (χ0n) is 21.8. The lowest BCUT2D eigenvalue weighted by Crippen LogP contribution is -3.00. The summed E-state index contributed by atoms with van der Waals surface area (Å²) in [5.74, 6) is 0. The van der Waals surface area contributed by atoms with Crippen molar-refractivity contribution < 1.29 is 26.5 Å². The van der Waals surface area contributed by atoms with Gasteiger partial charge in [-0.05, 0) is 41.5 Å². The minimum atomic E-state index is 0. The van der Waals surface area contributed by atoms with Gasteiger partial charge in [0.05, 0.1) is 39.3 Å². The number of quaternary nitrogens is 2. The standard InChI is InChI=1S/2C13H22N.C2H5O.ClH/c2*1-4-14(5-2,6-3)12-13-10-8-7-9-11-13;1-2-3;/h2*7-11H,4-6,12H2,1-3H3;2H2,1H3;1H/q2*+1;-1;/p-1. The highest BCUT2D eigenvalue weighted by molar-refractivity contribution is 5.14. The van der Waals surface area contributed by atoms with Crippen molar-refractivity contribution in [3.63, 3.8) is 0 Å². The van der Waals surface area contributed by atoms with Crippen molar-refractivity contribution in [3.05, 3.63) is 71.8 Å². The van der Waals surface area contributed by atoms with Crippen molar-refractivity contribution in [2.45, 2.75) is 61.6 Å². The quantitative estimate of drug-likeness (QED) is 0.495. The summed E-state index contributed by atoms with van der Waals surface area (Å²) in [6.07, 6.45) is 0. The summed E-state index contributed by atoms with van der Waals surface area (Å²) in [7, 11) is 0. The van der Waals surface area contributed by atoms with Gasteiger partial charge in [-0.1, -0.05) is 67.6 Å². The lowest BCUT2D eigenvalue weighted by molar-refractivity contribution is -0.936. The van der Waals surface area contributed by atoms with E-state index in [4.69, 9.17) is 5.11 Å². The molecule has 184 valence electrons. The molecule has 0 aliphatic heterocycles. The number of rotatable bonds is 10. The second-order valence-electron chi connectivity index (χ2n) is 8.16. The molecular weight excluding hydrogens is 416 g/mol. The normalized spacial score (nSPS) is 10.8. The van der Waals surface area contributed by atoms with Crippen LogP contribution in [0, 0.1) is 0 Å². The molecule has 0 aliphatic carbocycles. The Morgan fingerprint density at radius 3 is 0.906 bits per heavy atom. The van der Waals surface area contributed by atoms with Gasteiger partial charge in [-0.3, -0.25) is 0 Å². The lowest BCUT2D eigenvalue weighted by atomic mass is 10.2. The van der Waals surface area contributed by atoms with Crippen LogP contribution in [0.4, 0.5) is 0 Å². The van der Waals surface area contributed by atoms with Gasteiger partial charge in [0.1, 0.15) is 13.1 Å². The number of halogens is 1. The van der Waals surface area contributed by atoms with E-state index in [0.29, 0.717) is 0 Å². The van der Waals surface area contributed by atoms with E-state index in [9.17, 15) is 0 Å². The van der Waals surface area contributed by atoms with E-state index >= 15 is 0 Å². The molecule has 0 aliphatic rings. The van der Waals surface area contributed by atoms with Crippen LogP contribution in [-0.4, -0.2) is 54.8 Å². The van der Waals surface area contributed by atoms with Crippen LogP contribution in [0.3, 0.4) is 0 Å². The van der Waals surface area contributed by atoms with Crippen molar-refractivity contribution in [1.29, 1.82) is 0 Å². The van der Waals surface area contributed by atoms with E-state index in [2.05, 4.69) is 102 Å². The van der Waals surface area contributed by atoms with E-state index in [-0.39, 0.29) is 19.0 Å². The molecule has 4 heteroatoms. The molecule has 0 saturated carbocycles.